The Morgan fingerprint density at radius 3 is 2.55 bits per heavy atom. The molecule has 0 unspecified atom stereocenters. The minimum atomic E-state index is -1.08. The minimum absolute atomic E-state index is 0.0336. The summed E-state index contributed by atoms with van der Waals surface area (Å²) in [5.41, 5.74) is 0.662. The van der Waals surface area contributed by atoms with Gasteiger partial charge in [0.25, 0.3) is 5.91 Å². The van der Waals surface area contributed by atoms with Crippen LogP contribution in [0.15, 0.2) is 71.1 Å². The zero-order chi connectivity index (χ0) is 20.6. The lowest BCUT2D eigenvalue weighted by atomic mass is 10.2. The van der Waals surface area contributed by atoms with Gasteiger partial charge in [-0.3, -0.25) is 4.79 Å². The van der Waals surface area contributed by atoms with E-state index >= 15 is 0 Å². The van der Waals surface area contributed by atoms with Crippen molar-refractivity contribution in [3.63, 3.8) is 0 Å². The Balaban J connectivity index is 1.55. The van der Waals surface area contributed by atoms with Crippen LogP contribution in [0.5, 0.6) is 5.75 Å². The first-order valence-corrected chi connectivity index (χ1v) is 8.84. The Labute approximate surface area is 167 Å². The third-order valence-corrected chi connectivity index (χ3v) is 3.95. The molecule has 7 nitrogen and oxygen atoms in total. The van der Waals surface area contributed by atoms with Crippen molar-refractivity contribution in [1.82, 2.24) is 0 Å². The summed E-state index contributed by atoms with van der Waals surface area (Å²) in [6.07, 6.45) is -1.08. The number of amides is 1. The predicted molar refractivity (Wildman–Crippen MR) is 104 cm³/mol. The van der Waals surface area contributed by atoms with Gasteiger partial charge in [-0.2, -0.15) is 5.26 Å². The van der Waals surface area contributed by atoms with E-state index in [-0.39, 0.29) is 12.4 Å². The smallest absolute Gasteiger partial charge is 0.375 e. The Hall–Kier alpha value is -4.05. The van der Waals surface area contributed by atoms with Crippen LogP contribution in [0.4, 0.5) is 5.69 Å². The summed E-state index contributed by atoms with van der Waals surface area (Å²) >= 11 is 0. The average molecular weight is 390 g/mol. The van der Waals surface area contributed by atoms with Crippen molar-refractivity contribution >= 4 is 17.6 Å². The summed E-state index contributed by atoms with van der Waals surface area (Å²) in [4.78, 5) is 24.5. The highest BCUT2D eigenvalue weighted by molar-refractivity contribution is 5.97. The van der Waals surface area contributed by atoms with Gasteiger partial charge in [0.05, 0.1) is 11.3 Å². The van der Waals surface area contributed by atoms with Crippen LogP contribution in [0.1, 0.15) is 28.8 Å². The van der Waals surface area contributed by atoms with Gasteiger partial charge < -0.3 is 19.2 Å². The van der Waals surface area contributed by atoms with E-state index in [0.717, 1.165) is 0 Å². The largest absolute Gasteiger partial charge is 0.486 e. The second-order valence-electron chi connectivity index (χ2n) is 6.06. The Bertz CT molecular complexity index is 1040. The van der Waals surface area contributed by atoms with Crippen LogP contribution in [0.3, 0.4) is 0 Å². The van der Waals surface area contributed by atoms with Crippen molar-refractivity contribution < 1.29 is 23.5 Å². The highest BCUT2D eigenvalue weighted by atomic mass is 16.6. The molecule has 146 valence electrons. The highest BCUT2D eigenvalue weighted by Crippen LogP contribution is 2.16. The highest BCUT2D eigenvalue weighted by Gasteiger charge is 2.22. The molecule has 1 aromatic heterocycles. The van der Waals surface area contributed by atoms with Gasteiger partial charge in [0.15, 0.2) is 6.10 Å². The molecule has 29 heavy (non-hydrogen) atoms. The van der Waals surface area contributed by atoms with Crippen LogP contribution in [0.2, 0.25) is 0 Å². The van der Waals surface area contributed by atoms with Crippen LogP contribution >= 0.6 is 0 Å². The minimum Gasteiger partial charge on any atom is -0.486 e. The maximum atomic E-state index is 12.3. The topological polar surface area (TPSA) is 102 Å². The number of para-hydroxylation sites is 2. The van der Waals surface area contributed by atoms with Crippen LogP contribution < -0.4 is 10.1 Å². The maximum Gasteiger partial charge on any atom is 0.375 e. The van der Waals surface area contributed by atoms with Gasteiger partial charge >= 0.3 is 5.97 Å². The molecule has 0 saturated carbocycles. The molecule has 0 spiro atoms. The summed E-state index contributed by atoms with van der Waals surface area (Å²) < 4.78 is 16.1. The molecule has 1 N–H and O–H groups in total. The number of carbonyl (C=O) groups is 2. The third-order valence-electron chi connectivity index (χ3n) is 3.95. The summed E-state index contributed by atoms with van der Waals surface area (Å²) in [5, 5.41) is 11.6. The van der Waals surface area contributed by atoms with Gasteiger partial charge in [-0.25, -0.2) is 4.79 Å². The summed E-state index contributed by atoms with van der Waals surface area (Å²) in [6, 6.07) is 20.8. The van der Waals surface area contributed by atoms with Crippen molar-refractivity contribution in [1.29, 1.82) is 5.26 Å². The number of anilines is 1. The molecule has 0 radical (unpaired) electrons. The van der Waals surface area contributed by atoms with E-state index in [1.807, 2.05) is 36.4 Å². The van der Waals surface area contributed by atoms with Crippen LogP contribution in [-0.2, 0) is 16.1 Å². The second kappa shape index (κ2) is 9.24. The standard InChI is InChI=1S/C22H18N2O5/c1-15(21(25)24-19-10-6-5-7-16(19)13-23)28-22(26)20-12-11-18(29-20)14-27-17-8-3-2-4-9-17/h2-12,15H,14H2,1H3,(H,24,25)/t15-/m1/s1. The number of hydrogen-bond donors (Lipinski definition) is 1. The fourth-order valence-electron chi connectivity index (χ4n) is 2.43. The number of hydrogen-bond acceptors (Lipinski definition) is 6. The van der Waals surface area contributed by atoms with Gasteiger partial charge in [-0.1, -0.05) is 30.3 Å². The van der Waals surface area contributed by atoms with E-state index in [9.17, 15) is 9.59 Å². The SMILES string of the molecule is C[C@@H](OC(=O)c1ccc(COc2ccccc2)o1)C(=O)Nc1ccccc1C#N. The molecule has 0 aliphatic carbocycles. The quantitative estimate of drug-likeness (QED) is 0.614. The summed E-state index contributed by atoms with van der Waals surface area (Å²) in [7, 11) is 0. The molecule has 1 heterocycles. The Kier molecular flexibility index (Phi) is 6.28. The monoisotopic (exact) mass is 390 g/mol. The van der Waals surface area contributed by atoms with Crippen molar-refractivity contribution in [3.05, 3.63) is 83.8 Å². The van der Waals surface area contributed by atoms with Gasteiger partial charge in [0.2, 0.25) is 5.76 Å². The fraction of sp³-hybridized carbons (Fsp3) is 0.136. The molecule has 7 heteroatoms. The number of carbonyl (C=O) groups excluding carboxylic acids is 2. The number of benzene rings is 2. The molecule has 2 aromatic carbocycles. The molecular formula is C22H18N2O5. The van der Waals surface area contributed by atoms with Crippen LogP contribution in [0, 0.1) is 11.3 Å². The number of rotatable bonds is 7. The normalized spacial score (nSPS) is 11.2. The molecule has 1 atom stereocenters. The molecule has 3 rings (SSSR count). The third kappa shape index (κ3) is 5.23. The van der Waals surface area contributed by atoms with Gasteiger partial charge in [-0.15, -0.1) is 0 Å². The number of ether oxygens (including phenoxy) is 2. The number of nitrogens with zero attached hydrogens (tertiary/aromatic N) is 1. The number of esters is 1. The molecule has 1 amide bonds. The van der Waals surface area contributed by atoms with Gasteiger partial charge in [-0.05, 0) is 43.3 Å². The van der Waals surface area contributed by atoms with Crippen LogP contribution in [0.25, 0.3) is 0 Å². The van der Waals surface area contributed by atoms with Gasteiger partial charge in [0, 0.05) is 0 Å². The van der Waals surface area contributed by atoms with Crippen molar-refractivity contribution in [2.45, 2.75) is 19.6 Å². The predicted octanol–water partition coefficient (Wildman–Crippen LogP) is 3.91. The average Bonchev–Trinajstić information content (AvgIpc) is 3.22. The Morgan fingerprint density at radius 1 is 1.07 bits per heavy atom. The molecular weight excluding hydrogens is 372 g/mol. The number of furan rings is 1. The molecule has 0 aliphatic heterocycles. The number of nitrogens with one attached hydrogen (secondary N) is 1. The summed E-state index contributed by atoms with van der Waals surface area (Å²) in [5.74, 6) is -0.238. The van der Waals surface area contributed by atoms with Crippen molar-refractivity contribution in [3.8, 4) is 11.8 Å². The van der Waals surface area contributed by atoms with E-state index in [1.54, 1.807) is 30.3 Å². The van der Waals surface area contributed by atoms with E-state index in [0.29, 0.717) is 22.8 Å². The maximum absolute atomic E-state index is 12.3. The summed E-state index contributed by atoms with van der Waals surface area (Å²) in [6.45, 7) is 1.59. The zero-order valence-electron chi connectivity index (χ0n) is 15.6. The van der Waals surface area contributed by atoms with Crippen molar-refractivity contribution in [2.24, 2.45) is 0 Å². The second-order valence-corrected chi connectivity index (χ2v) is 6.06. The molecule has 0 bridgehead atoms. The Morgan fingerprint density at radius 2 is 1.79 bits per heavy atom. The van der Waals surface area contributed by atoms with E-state index in [1.165, 1.54) is 13.0 Å². The van der Waals surface area contributed by atoms with Gasteiger partial charge in [0.1, 0.15) is 24.2 Å². The lowest BCUT2D eigenvalue weighted by Crippen LogP contribution is -2.30. The molecule has 0 aliphatic rings. The number of nitriles is 1. The molecule has 0 saturated heterocycles. The zero-order valence-corrected chi connectivity index (χ0v) is 15.6. The van der Waals surface area contributed by atoms with E-state index in [4.69, 9.17) is 19.2 Å². The first-order valence-electron chi connectivity index (χ1n) is 8.84. The lowest BCUT2D eigenvalue weighted by molar-refractivity contribution is -0.123. The van der Waals surface area contributed by atoms with E-state index in [2.05, 4.69) is 5.32 Å². The van der Waals surface area contributed by atoms with Crippen molar-refractivity contribution in [2.75, 3.05) is 5.32 Å². The lowest BCUT2D eigenvalue weighted by Gasteiger charge is -2.13. The first kappa shape index (κ1) is 19.7. The molecule has 0 fully saturated rings. The first-order chi connectivity index (χ1) is 14.1. The van der Waals surface area contributed by atoms with Crippen LogP contribution in [-0.4, -0.2) is 18.0 Å². The molecule has 3 aromatic rings. The van der Waals surface area contributed by atoms with E-state index < -0.39 is 18.0 Å². The fourth-order valence-corrected chi connectivity index (χ4v) is 2.43.